The predicted octanol–water partition coefficient (Wildman–Crippen LogP) is 6.29. The average Bonchev–Trinajstić information content (AvgIpc) is 1.11. The number of halogens is 10. The molecule has 0 aliphatic rings. The summed E-state index contributed by atoms with van der Waals surface area (Å²) >= 11 is 51.1. The van der Waals surface area contributed by atoms with Crippen molar-refractivity contribution < 1.29 is 308 Å². The summed E-state index contributed by atoms with van der Waals surface area (Å²) in [5.74, 6) is -9.82. The Labute approximate surface area is 922 Å². The molecule has 6 heterocycles. The number of aromatic nitrogens is 6. The number of pyridine rings is 6. The van der Waals surface area contributed by atoms with Crippen LogP contribution in [0.1, 0.15) is 180 Å². The molecule has 0 aromatic carbocycles. The number of carboxylic acid groups (broad SMARTS) is 8. The zero-order valence-corrected chi connectivity index (χ0v) is 91.2. The Morgan fingerprint density at radius 3 is 0.328 bits per heavy atom. The second-order valence-electron chi connectivity index (χ2n) is 28.7. The minimum atomic E-state index is -1.01. The van der Waals surface area contributed by atoms with Gasteiger partial charge in [0.05, 0.1) is 22.8 Å². The van der Waals surface area contributed by atoms with Crippen LogP contribution in [0.5, 0.6) is 35.3 Å². The molecule has 0 aliphatic heterocycles. The monoisotopic (exact) mass is 2580 g/mol. The molecule has 0 fully saturated rings. The largest absolute Gasteiger partial charge is 3.00 e. The second-order valence-corrected chi connectivity index (χ2v) is 32.7. The van der Waals surface area contributed by atoms with Crippen LogP contribution in [0.25, 0.3) is 0 Å². The van der Waals surface area contributed by atoms with E-state index in [1.807, 2.05) is 0 Å². The number of aliphatic carboxylic acids is 8. The Morgan fingerprint density at radius 2 is 0.305 bits per heavy atom. The van der Waals surface area contributed by atoms with E-state index in [4.69, 9.17) is 127 Å². The van der Waals surface area contributed by atoms with Gasteiger partial charge in [0.2, 0.25) is 0 Å². The number of hydrogen-bond acceptors (Lipinski definition) is 34. The van der Waals surface area contributed by atoms with Gasteiger partial charge in [0.25, 0.3) is 0 Å². The van der Waals surface area contributed by atoms with Crippen LogP contribution in [0.4, 0.5) is 0 Å². The molecule has 34 nitrogen and oxygen atoms in total. The minimum absolute atomic E-state index is 0. The maximum absolute atomic E-state index is 10.3. The standard InChI is InChI=1S/6C5H4ClNO.8C5H10O2.2C2H3N.2CH2Cl2.6Co.2Ho.4H2O/c6*6-4-2-1-3-5(8)7-4;8*1-5(2,3)4(6)7;2*1-2-3;2*2-1-3;;;;;;;;;;;;/h6*1-3H,(H,7,8);8*1-3H3,(H,6,7);2*1H3;2*1H2;;;;;;;;;4*1H2/q;;;;;;;;;;;;;;;;;;6*+2;2*+3;;;;/p-18. The quantitative estimate of drug-likeness (QED) is 0.0915. The van der Waals surface area contributed by atoms with Crippen LogP contribution in [-0.4, -0.2) is 110 Å². The van der Waals surface area contributed by atoms with Crippen LogP contribution >= 0.6 is 116 Å². The third-order valence-electron chi connectivity index (χ3n) is 9.04. The van der Waals surface area contributed by atoms with Gasteiger partial charge in [0, 0.05) is 105 Å². The van der Waals surface area contributed by atoms with E-state index < -0.39 is 91.1 Å². The van der Waals surface area contributed by atoms with E-state index in [-0.39, 0.29) is 275 Å². The fourth-order valence-corrected chi connectivity index (χ4v) is 3.27. The van der Waals surface area contributed by atoms with Crippen molar-refractivity contribution in [3.8, 4) is 47.4 Å². The summed E-state index contributed by atoms with van der Waals surface area (Å²) in [6, 6.07) is 30.4. The number of alkyl halides is 4. The maximum atomic E-state index is 10.3. The van der Waals surface area contributed by atoms with Crippen LogP contribution in [0.3, 0.4) is 0 Å². The topological polar surface area (TPSA) is 704 Å². The first-order valence-corrected chi connectivity index (χ1v) is 36.7. The molecule has 52 heteroatoms. The Morgan fingerprint density at radius 1 is 0.250 bits per heavy atom. The molecule has 128 heavy (non-hydrogen) atoms. The van der Waals surface area contributed by atoms with Gasteiger partial charge in [-0.3, -0.25) is 29.9 Å². The van der Waals surface area contributed by atoms with E-state index in [1.54, 1.807) is 251 Å². The molecular formula is C76H104Cl10Co6Ho2N8O26. The van der Waals surface area contributed by atoms with Gasteiger partial charge in [-0.1, -0.05) is 309 Å². The van der Waals surface area contributed by atoms with Crippen molar-refractivity contribution in [3.05, 3.63) is 140 Å². The van der Waals surface area contributed by atoms with E-state index in [1.165, 1.54) is 50.2 Å². The van der Waals surface area contributed by atoms with E-state index in [0.29, 0.717) is 0 Å². The van der Waals surface area contributed by atoms with Gasteiger partial charge in [0.15, 0.2) is 0 Å². The second kappa shape index (κ2) is 106. The SMILES string of the molecule is CC#N.CC#N.CC(C)(C)C(=O)[O-].CC(C)(C)C(=O)[O-].CC(C)(C)C(=O)[O-].CC(C)(C)C(=O)[O-].CC(C)(C)C(=O)[O-].CC(C)(C)C(=O)[O-].CC(C)(C)C(=O)[O-].CC(C)(C)C(=O)[O-].ClCCl.ClCCl.[Co+2].[Co+2].[Co+2].[Co+2].[Co+2].[Co+2].[Ho+3].[Ho+3].[O-]c1cccc(Cl)n1.[O-]c1cccc(Cl)n1.[O-]c1cccc(Cl)n1.[O-]c1cccc(Cl)n1.[O-]c1cccc(Cl)n1.[O-]c1cccc(Cl)n1.[OH-].[OH-].[OH-].[OH-]. The number of hydrogen-bond donors (Lipinski definition) is 0. The molecule has 4 N–H and O–H groups in total. The Hall–Kier alpha value is -3.26. The summed E-state index contributed by atoms with van der Waals surface area (Å²) in [6.07, 6.45) is 0. The summed E-state index contributed by atoms with van der Waals surface area (Å²) in [6.45, 7) is 41.3. The van der Waals surface area contributed by atoms with Gasteiger partial charge < -0.3 is 132 Å². The van der Waals surface area contributed by atoms with Crippen molar-refractivity contribution >= 4 is 164 Å². The average molecular weight is 2580 g/mol. The first-order valence-electron chi connectivity index (χ1n) is 32.3. The Bertz CT molecular complexity index is 3060. The molecule has 0 saturated heterocycles. The summed E-state index contributed by atoms with van der Waals surface area (Å²) in [5, 5.41) is 158. The number of nitrogens with zero attached hydrogens (tertiary/aromatic N) is 8. The molecule has 750 valence electrons. The van der Waals surface area contributed by atoms with Gasteiger partial charge in [-0.25, -0.2) is 0 Å². The first kappa shape index (κ1) is 188. The molecule has 0 atom stereocenters. The minimum Gasteiger partial charge on any atom is -0.870 e. The molecule has 6 aromatic rings. The van der Waals surface area contributed by atoms with Gasteiger partial charge in [-0.15, -0.1) is 46.4 Å². The summed E-state index contributed by atoms with van der Waals surface area (Å²) in [5.41, 5.74) is -5.56. The molecular weight excluding hydrogens is 2480 g/mol. The third-order valence-corrected chi connectivity index (χ3v) is 10.3. The summed E-state index contributed by atoms with van der Waals surface area (Å²) in [4.78, 5) is 99.6. The number of nitriles is 2. The van der Waals surface area contributed by atoms with Crippen LogP contribution in [0.15, 0.2) is 109 Å². The first-order chi connectivity index (χ1) is 51.9. The third kappa shape index (κ3) is 166. The van der Waals surface area contributed by atoms with Gasteiger partial charge in [-0.05, 0) is 71.7 Å². The fourth-order valence-electron chi connectivity index (χ4n) is 2.34. The van der Waals surface area contributed by atoms with Crippen molar-refractivity contribution in [3.63, 3.8) is 0 Å². The molecule has 0 saturated carbocycles. The molecule has 6 radical (unpaired) electrons. The summed E-state index contributed by atoms with van der Waals surface area (Å²) < 4.78 is 0. The molecule has 6 rings (SSSR count). The zero-order chi connectivity index (χ0) is 95.3. The van der Waals surface area contributed by atoms with Crippen LogP contribution in [0.2, 0.25) is 30.9 Å². The van der Waals surface area contributed by atoms with Crippen LogP contribution in [-0.2, 0) is 139 Å². The molecule has 6 aromatic heterocycles. The number of carbonyl (C=O) groups excluding carboxylic acids is 8. The van der Waals surface area contributed by atoms with Gasteiger partial charge in [-0.2, -0.15) is 10.5 Å². The normalized spacial score (nSPS) is 8.77. The zero-order valence-electron chi connectivity index (χ0n) is 73.5. The van der Waals surface area contributed by atoms with E-state index >= 15 is 0 Å². The van der Waals surface area contributed by atoms with E-state index in [0.717, 1.165) is 0 Å². The van der Waals surface area contributed by atoms with Crippen molar-refractivity contribution in [2.45, 2.75) is 180 Å². The molecule has 0 bridgehead atoms. The summed E-state index contributed by atoms with van der Waals surface area (Å²) in [7, 11) is 0. The maximum Gasteiger partial charge on any atom is 3.00 e. The smallest absolute Gasteiger partial charge is 0.870 e. The van der Waals surface area contributed by atoms with Crippen molar-refractivity contribution in [2.75, 3.05) is 10.7 Å². The molecule has 0 spiro atoms. The Kier molecular flexibility index (Phi) is 156. The van der Waals surface area contributed by atoms with Gasteiger partial charge >= 0.3 is 176 Å². The van der Waals surface area contributed by atoms with Crippen molar-refractivity contribution in [1.29, 1.82) is 10.5 Å². The van der Waals surface area contributed by atoms with Crippen molar-refractivity contribution in [2.24, 2.45) is 43.3 Å². The van der Waals surface area contributed by atoms with Gasteiger partial charge in [0.1, 0.15) is 30.9 Å². The number of rotatable bonds is 0. The molecule has 0 amide bonds. The molecule has 0 unspecified atom stereocenters. The van der Waals surface area contributed by atoms with E-state index in [2.05, 4.69) is 29.9 Å². The van der Waals surface area contributed by atoms with Crippen LogP contribution in [0, 0.1) is 141 Å². The number of carboxylic acids is 8. The fraction of sp³-hybridized carbons (Fsp3) is 0.474. The predicted molar refractivity (Wildman–Crippen MR) is 431 cm³/mol. The van der Waals surface area contributed by atoms with Crippen LogP contribution < -0.4 is 71.5 Å². The van der Waals surface area contributed by atoms with E-state index in [9.17, 15) is 110 Å². The molecule has 0 aliphatic carbocycles. The van der Waals surface area contributed by atoms with Crippen molar-refractivity contribution in [1.82, 2.24) is 29.9 Å². The Balaban J connectivity index is -0.0000000407. The number of carbonyl (C=O) groups is 8.